The van der Waals surface area contributed by atoms with Crippen LogP contribution < -0.4 is 5.19 Å². The van der Waals surface area contributed by atoms with Gasteiger partial charge in [0, 0.05) is 54.7 Å². The van der Waals surface area contributed by atoms with E-state index in [-0.39, 0.29) is 59.8 Å². The van der Waals surface area contributed by atoms with Crippen LogP contribution in [-0.2, 0) is 26.5 Å². The summed E-state index contributed by atoms with van der Waals surface area (Å²) in [5, 5.41) is 3.10. The summed E-state index contributed by atoms with van der Waals surface area (Å²) in [5.41, 5.74) is 3.48. The maximum Gasteiger partial charge on any atom is 0.120 e. The predicted octanol–water partition coefficient (Wildman–Crippen LogP) is 12.7. The molecule has 1 radical (unpaired) electrons. The second-order valence-corrected chi connectivity index (χ2v) is 20.4. The van der Waals surface area contributed by atoms with Gasteiger partial charge in [0.25, 0.3) is 0 Å². The van der Waals surface area contributed by atoms with Gasteiger partial charge in [-0.2, -0.15) is 0 Å². The standard InChI is InChI=1S/C30H28NO.C17H21FNSi.Ir/c1-19-15-21(17-30(3,4)5)13-14-22(19)26-16-27(31-18-20(26)2)25-11-8-10-24-23-9-6-7-12-28(23)32-29(24)25;1-12(2)15-10-16(13-6-8-14(18)9-7-13)19-11-17(15)20(3,4)5;/h6-10,12-16,18H,17H2,1-5H3;6,8-12H,1-5H3;/q2*-1;/i1D3,2D3,14D,17D2;;. The van der Waals surface area contributed by atoms with Crippen molar-refractivity contribution in [1.29, 1.82) is 0 Å². The zero-order valence-corrected chi connectivity index (χ0v) is 34.6. The average molecular weight is 906 g/mol. The second kappa shape index (κ2) is 16.0. The van der Waals surface area contributed by atoms with E-state index in [0.29, 0.717) is 28.3 Å². The van der Waals surface area contributed by atoms with Crippen LogP contribution in [0.4, 0.5) is 4.39 Å². The summed E-state index contributed by atoms with van der Waals surface area (Å²) in [4.78, 5) is 8.99. The van der Waals surface area contributed by atoms with Crippen LogP contribution in [-0.4, -0.2) is 18.0 Å². The number of fused-ring (bicyclic) bond motifs is 3. The van der Waals surface area contributed by atoms with Gasteiger partial charge in [0.15, 0.2) is 0 Å². The Kier molecular flexibility index (Phi) is 8.82. The Morgan fingerprint density at radius 2 is 1.64 bits per heavy atom. The molecular weight excluding hydrogens is 848 g/mol. The SMILES string of the molecule is CC(C)c1cc(-c2[c-]cc(F)cc2)ncc1[Si](C)(C)C.[2H]c1cc(C([2H])([2H])C(C)(C)C)cc(C([2H])([2H])[2H])c1-c1cc(-c2[c-]ccc3c2oc2ccccc23)ncc1C([2H])([2H])[2H].[Ir]. The molecule has 6 heteroatoms. The van der Waals surface area contributed by atoms with Crippen molar-refractivity contribution < 1.29 is 41.2 Å². The molecule has 7 rings (SSSR count). The van der Waals surface area contributed by atoms with Gasteiger partial charge in [-0.15, -0.1) is 48.0 Å². The van der Waals surface area contributed by atoms with Gasteiger partial charge in [-0.25, -0.2) is 0 Å². The van der Waals surface area contributed by atoms with Crippen molar-refractivity contribution in [2.75, 3.05) is 0 Å². The molecular formula is C47H49FIrN2OSi-2. The number of rotatable bonds is 6. The first kappa shape index (κ1) is 29.2. The number of para-hydroxylation sites is 1. The number of furan rings is 1. The maximum atomic E-state index is 13.0. The van der Waals surface area contributed by atoms with Crippen molar-refractivity contribution in [3.63, 3.8) is 0 Å². The van der Waals surface area contributed by atoms with Crippen LogP contribution in [0.2, 0.25) is 19.6 Å². The van der Waals surface area contributed by atoms with Gasteiger partial charge in [-0.1, -0.05) is 119 Å². The number of hydrogen-bond acceptors (Lipinski definition) is 3. The Morgan fingerprint density at radius 3 is 2.32 bits per heavy atom. The van der Waals surface area contributed by atoms with E-state index in [2.05, 4.69) is 61.7 Å². The summed E-state index contributed by atoms with van der Waals surface area (Å²) in [5.74, 6) is 0.190. The number of hydrogen-bond donors (Lipinski definition) is 0. The predicted molar refractivity (Wildman–Crippen MR) is 219 cm³/mol. The molecule has 0 amide bonds. The van der Waals surface area contributed by atoms with Crippen LogP contribution in [0.5, 0.6) is 0 Å². The molecule has 0 aliphatic heterocycles. The molecule has 0 atom stereocenters. The van der Waals surface area contributed by atoms with Crippen molar-refractivity contribution >= 4 is 35.2 Å². The van der Waals surface area contributed by atoms with Crippen LogP contribution in [0.15, 0.2) is 102 Å². The van der Waals surface area contributed by atoms with Gasteiger partial charge < -0.3 is 14.4 Å². The zero-order valence-electron chi connectivity index (χ0n) is 40.3. The normalized spacial score (nSPS) is 15.0. The molecule has 4 aromatic carbocycles. The van der Waals surface area contributed by atoms with Crippen LogP contribution in [0, 0.1) is 37.1 Å². The van der Waals surface area contributed by atoms with Gasteiger partial charge in [-0.05, 0) is 81.9 Å². The fourth-order valence-corrected chi connectivity index (χ4v) is 7.87. The topological polar surface area (TPSA) is 38.9 Å². The molecule has 0 saturated carbocycles. The third-order valence-electron chi connectivity index (χ3n) is 8.65. The van der Waals surface area contributed by atoms with Crippen molar-refractivity contribution in [2.45, 2.75) is 80.3 Å². The van der Waals surface area contributed by atoms with Crippen molar-refractivity contribution in [3.05, 3.63) is 138 Å². The van der Waals surface area contributed by atoms with E-state index in [1.165, 1.54) is 47.3 Å². The van der Waals surface area contributed by atoms with E-state index < -0.39 is 33.6 Å². The Labute approximate surface area is 342 Å². The Balaban J connectivity index is 0.000000291. The van der Waals surface area contributed by atoms with Crippen molar-refractivity contribution in [3.8, 4) is 33.6 Å². The third kappa shape index (κ3) is 9.12. The van der Waals surface area contributed by atoms with Gasteiger partial charge in [0.05, 0.1) is 15.0 Å². The molecule has 3 heterocycles. The number of pyridine rings is 2. The molecule has 0 bridgehead atoms. The van der Waals surface area contributed by atoms with E-state index in [0.717, 1.165) is 22.0 Å². The molecule has 0 aliphatic carbocycles. The molecule has 275 valence electrons. The summed E-state index contributed by atoms with van der Waals surface area (Å²) in [6, 6.07) is 27.5. The smallest absolute Gasteiger partial charge is 0.120 e. The molecule has 3 aromatic heterocycles. The first-order valence-corrected chi connectivity index (χ1v) is 20.9. The minimum absolute atomic E-state index is 0. The molecule has 3 nitrogen and oxygen atoms in total. The molecule has 7 aromatic rings. The Hall–Kier alpha value is -4.22. The number of aryl methyl sites for hydroxylation is 2. The van der Waals surface area contributed by atoms with Gasteiger partial charge in [-0.3, -0.25) is 4.39 Å². The Bertz CT molecular complexity index is 2730. The van der Waals surface area contributed by atoms with Crippen molar-refractivity contribution in [2.24, 2.45) is 5.41 Å². The van der Waals surface area contributed by atoms with E-state index >= 15 is 0 Å². The largest absolute Gasteiger partial charge is 0.501 e. The van der Waals surface area contributed by atoms with E-state index in [1.54, 1.807) is 32.9 Å². The minimum Gasteiger partial charge on any atom is -0.501 e. The zero-order chi connectivity index (χ0) is 45.0. The third-order valence-corrected chi connectivity index (χ3v) is 10.7. The fraction of sp³-hybridized carbons (Fsp3) is 0.277. The summed E-state index contributed by atoms with van der Waals surface area (Å²) in [7, 11) is -1.41. The summed E-state index contributed by atoms with van der Waals surface area (Å²) < 4.78 is 94.7. The fourth-order valence-electron chi connectivity index (χ4n) is 6.19. The number of nitrogens with zero attached hydrogens (tertiary/aromatic N) is 2. The van der Waals surface area contributed by atoms with Gasteiger partial charge in [0.2, 0.25) is 0 Å². The van der Waals surface area contributed by atoms with Crippen LogP contribution in [0.3, 0.4) is 0 Å². The molecule has 0 saturated heterocycles. The second-order valence-electron chi connectivity index (χ2n) is 15.3. The van der Waals surface area contributed by atoms with E-state index in [9.17, 15) is 4.39 Å². The first-order chi connectivity index (χ1) is 28.2. The monoisotopic (exact) mass is 906 g/mol. The summed E-state index contributed by atoms with van der Waals surface area (Å²) in [6.07, 6.45) is 1.22. The van der Waals surface area contributed by atoms with Crippen LogP contribution in [0.25, 0.3) is 55.6 Å². The van der Waals surface area contributed by atoms with Crippen LogP contribution >= 0.6 is 0 Å². The summed E-state index contributed by atoms with van der Waals surface area (Å²) in [6.45, 7) is 11.0. The average Bonchev–Trinajstić information content (AvgIpc) is 3.55. The summed E-state index contributed by atoms with van der Waals surface area (Å²) >= 11 is 0. The number of aromatic nitrogens is 2. The number of benzene rings is 4. The molecule has 53 heavy (non-hydrogen) atoms. The first-order valence-electron chi connectivity index (χ1n) is 21.9. The molecule has 0 spiro atoms. The van der Waals surface area contributed by atoms with Gasteiger partial charge in [0.1, 0.15) is 5.58 Å². The van der Waals surface area contributed by atoms with Crippen LogP contribution in [0.1, 0.15) is 75.1 Å². The quantitative estimate of drug-likeness (QED) is 0.123. The molecule has 0 N–H and O–H groups in total. The molecule has 0 unspecified atom stereocenters. The van der Waals surface area contributed by atoms with Crippen molar-refractivity contribution in [1.82, 2.24) is 9.97 Å². The van der Waals surface area contributed by atoms with E-state index in [4.69, 9.17) is 16.8 Å². The molecule has 0 fully saturated rings. The maximum absolute atomic E-state index is 13.0. The Morgan fingerprint density at radius 1 is 0.887 bits per heavy atom. The number of halogens is 1. The molecule has 0 aliphatic rings. The minimum atomic E-state index is -2.77. The van der Waals surface area contributed by atoms with E-state index in [1.807, 2.05) is 36.5 Å². The van der Waals surface area contributed by atoms with Gasteiger partial charge >= 0.3 is 0 Å².